The number of esters is 3. The lowest BCUT2D eigenvalue weighted by molar-refractivity contribution is -0.167. The number of carbonyl (C=O) groups is 3. The van der Waals surface area contributed by atoms with Crippen LogP contribution in [0.2, 0.25) is 0 Å². The smallest absolute Gasteiger partial charge is 0.306 e. The van der Waals surface area contributed by atoms with Gasteiger partial charge in [-0.2, -0.15) is 0 Å². The zero-order valence-electron chi connectivity index (χ0n) is 46.0. The average Bonchev–Trinajstić information content (AvgIpc) is 3.36. The number of carbonyl (C=O) groups excluding carboxylic acids is 3. The Morgan fingerprint density at radius 1 is 0.300 bits per heavy atom. The number of unbranched alkanes of at least 4 members (excludes halogenated alkanes) is 28. The first-order valence-electron chi connectivity index (χ1n) is 29.6. The van der Waals surface area contributed by atoms with Gasteiger partial charge in [-0.1, -0.05) is 241 Å². The number of hydrogen-bond acceptors (Lipinski definition) is 6. The third-order valence-corrected chi connectivity index (χ3v) is 12.6. The molecule has 0 aliphatic carbocycles. The van der Waals surface area contributed by atoms with Gasteiger partial charge < -0.3 is 14.2 Å². The molecule has 70 heavy (non-hydrogen) atoms. The molecule has 0 saturated carbocycles. The molecule has 0 aromatic heterocycles. The van der Waals surface area contributed by atoms with E-state index in [0.29, 0.717) is 19.3 Å². The first-order valence-corrected chi connectivity index (χ1v) is 29.6. The molecule has 402 valence electrons. The van der Waals surface area contributed by atoms with Gasteiger partial charge in [0.1, 0.15) is 13.2 Å². The van der Waals surface area contributed by atoms with E-state index >= 15 is 0 Å². The topological polar surface area (TPSA) is 78.9 Å². The van der Waals surface area contributed by atoms with Gasteiger partial charge in [-0.25, -0.2) is 0 Å². The van der Waals surface area contributed by atoms with Crippen molar-refractivity contribution in [1.29, 1.82) is 0 Å². The van der Waals surface area contributed by atoms with Gasteiger partial charge in [-0.15, -0.1) is 0 Å². The Morgan fingerprint density at radius 2 is 0.557 bits per heavy atom. The van der Waals surface area contributed by atoms with E-state index in [1.54, 1.807) is 0 Å². The second-order valence-electron chi connectivity index (χ2n) is 19.5. The van der Waals surface area contributed by atoms with Crippen LogP contribution in [0, 0.1) is 0 Å². The van der Waals surface area contributed by atoms with Gasteiger partial charge >= 0.3 is 17.9 Å². The fourth-order valence-electron chi connectivity index (χ4n) is 8.23. The molecule has 0 amide bonds. The molecule has 0 radical (unpaired) electrons. The summed E-state index contributed by atoms with van der Waals surface area (Å²) in [4.78, 5) is 38.2. The van der Waals surface area contributed by atoms with Gasteiger partial charge in [0, 0.05) is 19.3 Å². The Morgan fingerprint density at radius 3 is 0.886 bits per heavy atom. The Kier molecular flexibility index (Phi) is 55.3. The van der Waals surface area contributed by atoms with Crippen molar-refractivity contribution in [1.82, 2.24) is 0 Å². The maximum atomic E-state index is 12.9. The molecule has 6 nitrogen and oxygen atoms in total. The molecule has 1 atom stereocenters. The maximum absolute atomic E-state index is 12.9. The largest absolute Gasteiger partial charge is 0.462 e. The highest BCUT2D eigenvalue weighted by molar-refractivity contribution is 5.71. The number of ether oxygens (including phenoxy) is 3. The molecule has 0 fully saturated rings. The molecule has 0 saturated heterocycles. The quantitative estimate of drug-likeness (QED) is 0.0261. The van der Waals surface area contributed by atoms with Crippen LogP contribution in [0.4, 0.5) is 0 Å². The third-order valence-electron chi connectivity index (χ3n) is 12.6. The molecule has 1 unspecified atom stereocenters. The van der Waals surface area contributed by atoms with Crippen molar-refractivity contribution < 1.29 is 28.6 Å². The minimum Gasteiger partial charge on any atom is -0.462 e. The van der Waals surface area contributed by atoms with E-state index in [2.05, 4.69) is 106 Å². The van der Waals surface area contributed by atoms with E-state index in [0.717, 1.165) is 109 Å². The zero-order chi connectivity index (χ0) is 50.7. The van der Waals surface area contributed by atoms with Gasteiger partial charge in [-0.3, -0.25) is 14.4 Å². The molecule has 0 heterocycles. The fourth-order valence-corrected chi connectivity index (χ4v) is 8.23. The number of rotatable bonds is 53. The number of allylic oxidation sites excluding steroid dienone is 14. The second kappa shape index (κ2) is 58.2. The summed E-state index contributed by atoms with van der Waals surface area (Å²) in [6.07, 6.45) is 75.7. The van der Waals surface area contributed by atoms with Crippen molar-refractivity contribution in [3.05, 3.63) is 85.1 Å². The van der Waals surface area contributed by atoms with Crippen LogP contribution in [0.3, 0.4) is 0 Å². The molecule has 0 aliphatic heterocycles. The first kappa shape index (κ1) is 66.6. The molecule has 0 rings (SSSR count). The summed E-state index contributed by atoms with van der Waals surface area (Å²) < 4.78 is 16.9. The normalized spacial score (nSPS) is 12.7. The standard InChI is InChI=1S/C64H110O6/c1-4-7-10-13-16-19-22-25-28-30-32-34-36-39-42-45-48-51-54-57-63(66)69-60-61(59-68-62(65)56-53-50-47-44-41-38-27-24-21-18-15-12-9-6-3)70-64(67)58-55-52-49-46-43-40-37-35-33-31-29-26-23-20-17-14-11-8-5-2/h7,9-10,12,16,18-19,21,25,28,31-34,61H,4-6,8,11,13-15,17,20,22-24,26-27,29-30,35-60H2,1-3H3/b10-7-,12-9-,19-16-,21-18-,28-25-,33-31-,34-32-. The molecular weight excluding hydrogens is 865 g/mol. The van der Waals surface area contributed by atoms with Crippen LogP contribution >= 0.6 is 0 Å². The molecular formula is C64H110O6. The van der Waals surface area contributed by atoms with Crippen LogP contribution in [0.25, 0.3) is 0 Å². The van der Waals surface area contributed by atoms with Crippen LogP contribution in [-0.4, -0.2) is 37.2 Å². The van der Waals surface area contributed by atoms with Gasteiger partial charge in [0.25, 0.3) is 0 Å². The molecule has 0 N–H and O–H groups in total. The van der Waals surface area contributed by atoms with E-state index < -0.39 is 6.10 Å². The van der Waals surface area contributed by atoms with E-state index in [-0.39, 0.29) is 31.1 Å². The molecule has 0 bridgehead atoms. The average molecular weight is 976 g/mol. The van der Waals surface area contributed by atoms with Crippen LogP contribution in [-0.2, 0) is 28.6 Å². The molecule has 6 heteroatoms. The Hall–Kier alpha value is -3.41. The van der Waals surface area contributed by atoms with Gasteiger partial charge in [0.05, 0.1) is 0 Å². The third kappa shape index (κ3) is 55.5. The zero-order valence-corrected chi connectivity index (χ0v) is 46.0. The predicted molar refractivity (Wildman–Crippen MR) is 302 cm³/mol. The summed E-state index contributed by atoms with van der Waals surface area (Å²) in [6, 6.07) is 0. The minimum absolute atomic E-state index is 0.0868. The van der Waals surface area contributed by atoms with Crippen LogP contribution in [0.15, 0.2) is 85.1 Å². The van der Waals surface area contributed by atoms with Gasteiger partial charge in [-0.05, 0) is 109 Å². The highest BCUT2D eigenvalue weighted by atomic mass is 16.6. The van der Waals surface area contributed by atoms with Crippen molar-refractivity contribution >= 4 is 17.9 Å². The highest BCUT2D eigenvalue weighted by Crippen LogP contribution is 2.15. The Labute approximate surface area is 433 Å². The summed E-state index contributed by atoms with van der Waals surface area (Å²) in [5.41, 5.74) is 0. The number of hydrogen-bond donors (Lipinski definition) is 0. The summed E-state index contributed by atoms with van der Waals surface area (Å²) in [5.74, 6) is -0.905. The second-order valence-corrected chi connectivity index (χ2v) is 19.5. The van der Waals surface area contributed by atoms with Crippen molar-refractivity contribution in [2.24, 2.45) is 0 Å². The summed E-state index contributed by atoms with van der Waals surface area (Å²) in [6.45, 7) is 6.42. The lowest BCUT2D eigenvalue weighted by atomic mass is 10.1. The lowest BCUT2D eigenvalue weighted by Crippen LogP contribution is -2.30. The van der Waals surface area contributed by atoms with Crippen LogP contribution in [0.1, 0.15) is 284 Å². The van der Waals surface area contributed by atoms with Gasteiger partial charge in [0.2, 0.25) is 0 Å². The first-order chi connectivity index (χ1) is 34.5. The van der Waals surface area contributed by atoms with Crippen molar-refractivity contribution in [2.75, 3.05) is 13.2 Å². The maximum Gasteiger partial charge on any atom is 0.306 e. The summed E-state index contributed by atoms with van der Waals surface area (Å²) in [7, 11) is 0. The fraction of sp³-hybridized carbons (Fsp3) is 0.734. The summed E-state index contributed by atoms with van der Waals surface area (Å²) in [5, 5.41) is 0. The Bertz CT molecular complexity index is 1350. The minimum atomic E-state index is -0.789. The predicted octanol–water partition coefficient (Wildman–Crippen LogP) is 19.9. The van der Waals surface area contributed by atoms with E-state index in [4.69, 9.17) is 14.2 Å². The Balaban J connectivity index is 4.40. The molecule has 0 aromatic carbocycles. The molecule has 0 aromatic rings. The van der Waals surface area contributed by atoms with Crippen molar-refractivity contribution in [2.45, 2.75) is 290 Å². The van der Waals surface area contributed by atoms with E-state index in [1.807, 2.05) is 0 Å². The van der Waals surface area contributed by atoms with Gasteiger partial charge in [0.15, 0.2) is 6.10 Å². The lowest BCUT2D eigenvalue weighted by Gasteiger charge is -2.18. The van der Waals surface area contributed by atoms with Crippen molar-refractivity contribution in [3.63, 3.8) is 0 Å². The monoisotopic (exact) mass is 975 g/mol. The molecule has 0 aliphatic rings. The van der Waals surface area contributed by atoms with Crippen LogP contribution < -0.4 is 0 Å². The van der Waals surface area contributed by atoms with Crippen molar-refractivity contribution in [3.8, 4) is 0 Å². The highest BCUT2D eigenvalue weighted by Gasteiger charge is 2.19. The summed E-state index contributed by atoms with van der Waals surface area (Å²) >= 11 is 0. The van der Waals surface area contributed by atoms with E-state index in [9.17, 15) is 14.4 Å². The van der Waals surface area contributed by atoms with E-state index in [1.165, 1.54) is 135 Å². The SMILES string of the molecule is CC/C=C\C/C=C\C/C=C\C/C=C\CCCCCCCCC(=O)OCC(COC(=O)CCCCCCCCC/C=C\C/C=C\CC)OC(=O)CCCCCCCCC/C=C\CCCCCCCCCC. The molecule has 0 spiro atoms. The van der Waals surface area contributed by atoms with Crippen LogP contribution in [0.5, 0.6) is 0 Å².